The molecule has 3 rings (SSSR count). The molecule has 2 atom stereocenters. The van der Waals surface area contributed by atoms with Crippen molar-refractivity contribution in [2.24, 2.45) is 0 Å². The summed E-state index contributed by atoms with van der Waals surface area (Å²) in [7, 11) is -2.99. The highest BCUT2D eigenvalue weighted by Gasteiger charge is 2.23. The molecule has 3 N–H and O–H groups in total. The number of hydrogen-bond donors (Lipinski definition) is 3. The first-order valence-electron chi connectivity index (χ1n) is 8.10. The number of aryl methyl sites for hydroxylation is 2. The average molecular weight is 408 g/mol. The topological polar surface area (TPSA) is 94.5 Å². The fourth-order valence-corrected chi connectivity index (χ4v) is 3.85. The Balaban J connectivity index is 2.11. The van der Waals surface area contributed by atoms with E-state index in [0.29, 0.717) is 22.9 Å². The van der Waals surface area contributed by atoms with Gasteiger partial charge in [0.2, 0.25) is 0 Å². The molecule has 0 unspecified atom stereocenters. The van der Waals surface area contributed by atoms with Gasteiger partial charge in [0.25, 0.3) is 0 Å². The van der Waals surface area contributed by atoms with Crippen LogP contribution in [-0.2, 0) is 9.73 Å². The summed E-state index contributed by atoms with van der Waals surface area (Å²) in [5.41, 5.74) is 2.03. The molecule has 0 aliphatic heterocycles. The van der Waals surface area contributed by atoms with Crippen molar-refractivity contribution in [2.45, 2.75) is 24.9 Å². The van der Waals surface area contributed by atoms with Gasteiger partial charge in [0.05, 0.1) is 14.8 Å². The lowest BCUT2D eigenvalue weighted by Gasteiger charge is -2.18. The van der Waals surface area contributed by atoms with Crippen molar-refractivity contribution in [3.8, 4) is 0 Å². The van der Waals surface area contributed by atoms with Crippen LogP contribution in [0.5, 0.6) is 0 Å². The Morgan fingerprint density at radius 2 is 2.00 bits per heavy atom. The second-order valence-electron chi connectivity index (χ2n) is 6.31. The van der Waals surface area contributed by atoms with Crippen LogP contribution in [-0.4, -0.2) is 25.4 Å². The van der Waals surface area contributed by atoms with Crippen LogP contribution in [0.2, 0.25) is 5.02 Å². The number of nitrogens with zero attached hydrogens (tertiary/aromatic N) is 2. The highest BCUT2D eigenvalue weighted by Crippen LogP contribution is 2.29. The molecule has 0 aliphatic rings. The zero-order chi connectivity index (χ0) is 19.8. The number of rotatable bonds is 5. The Morgan fingerprint density at radius 3 is 2.59 bits per heavy atom. The van der Waals surface area contributed by atoms with Gasteiger partial charge in [-0.2, -0.15) is 0 Å². The molecule has 2 aromatic heterocycles. The molecule has 0 aliphatic carbocycles. The molecular formula is C18H19ClFN5OS. The third-order valence-corrected chi connectivity index (χ3v) is 5.38. The Bertz CT molecular complexity index is 1100. The number of benzene rings is 1. The van der Waals surface area contributed by atoms with Gasteiger partial charge in [0.1, 0.15) is 23.5 Å². The van der Waals surface area contributed by atoms with Gasteiger partial charge in [0, 0.05) is 17.6 Å². The van der Waals surface area contributed by atoms with E-state index < -0.39 is 21.6 Å². The zero-order valence-electron chi connectivity index (χ0n) is 15.0. The molecule has 0 amide bonds. The summed E-state index contributed by atoms with van der Waals surface area (Å²) in [5.74, 6) is 0.515. The van der Waals surface area contributed by atoms with E-state index in [1.807, 2.05) is 19.1 Å². The molecule has 2 heterocycles. The van der Waals surface area contributed by atoms with Crippen molar-refractivity contribution >= 4 is 27.1 Å². The molecule has 6 nitrogen and oxygen atoms in total. The summed E-state index contributed by atoms with van der Waals surface area (Å²) in [6.45, 7) is 3.58. The maximum atomic E-state index is 13.6. The summed E-state index contributed by atoms with van der Waals surface area (Å²) >= 11 is 5.96. The normalized spacial score (nSPS) is 14.6. The first kappa shape index (κ1) is 19.3. The lowest BCUT2D eigenvalue weighted by atomic mass is 10.1. The van der Waals surface area contributed by atoms with Gasteiger partial charge in [-0.15, -0.1) is 0 Å². The smallest absolute Gasteiger partial charge is 0.156 e. The lowest BCUT2D eigenvalue weighted by molar-refractivity contribution is 0.627. The van der Waals surface area contributed by atoms with Gasteiger partial charge in [-0.05, 0) is 43.7 Å². The summed E-state index contributed by atoms with van der Waals surface area (Å²) < 4.78 is 33.6. The van der Waals surface area contributed by atoms with E-state index >= 15 is 0 Å². The van der Waals surface area contributed by atoms with Crippen LogP contribution in [0.1, 0.15) is 28.8 Å². The fraction of sp³-hybridized carbons (Fsp3) is 0.222. The van der Waals surface area contributed by atoms with Crippen molar-refractivity contribution in [1.82, 2.24) is 15.0 Å². The van der Waals surface area contributed by atoms with E-state index in [9.17, 15) is 8.60 Å². The van der Waals surface area contributed by atoms with Crippen molar-refractivity contribution < 1.29 is 8.60 Å². The third-order valence-electron chi connectivity index (χ3n) is 3.96. The molecule has 0 bridgehead atoms. The fourth-order valence-electron chi connectivity index (χ4n) is 2.76. The monoisotopic (exact) mass is 407 g/mol. The molecule has 0 saturated carbocycles. The summed E-state index contributed by atoms with van der Waals surface area (Å²) in [4.78, 5) is 11.9. The third kappa shape index (κ3) is 4.28. The average Bonchev–Trinajstić information content (AvgIpc) is 2.97. The minimum Gasteiger partial charge on any atom is -0.356 e. The molecule has 0 saturated heterocycles. The first-order valence-corrected chi connectivity index (χ1v) is 10.4. The van der Waals surface area contributed by atoms with Crippen LogP contribution in [0, 0.1) is 24.4 Å². The minimum atomic E-state index is -2.99. The predicted molar refractivity (Wildman–Crippen MR) is 104 cm³/mol. The van der Waals surface area contributed by atoms with Crippen LogP contribution < -0.4 is 5.32 Å². The maximum absolute atomic E-state index is 13.6. The number of aromatic nitrogens is 3. The quantitative estimate of drug-likeness (QED) is 0.582. The number of aromatic amines is 1. The van der Waals surface area contributed by atoms with E-state index in [4.69, 9.17) is 16.4 Å². The number of H-pyrrole nitrogens is 1. The Hall–Kier alpha value is -2.45. The molecule has 142 valence electrons. The number of nitrogens with one attached hydrogen (secondary N) is 3. The van der Waals surface area contributed by atoms with Crippen molar-refractivity contribution in [3.05, 3.63) is 70.0 Å². The molecular weight excluding hydrogens is 389 g/mol. The number of hydrogen-bond acceptors (Lipinski definition) is 5. The Morgan fingerprint density at radius 1 is 1.26 bits per heavy atom. The largest absolute Gasteiger partial charge is 0.356 e. The van der Waals surface area contributed by atoms with Gasteiger partial charge in [0.15, 0.2) is 5.03 Å². The minimum absolute atomic E-state index is 0.0141. The summed E-state index contributed by atoms with van der Waals surface area (Å²) in [5, 5.41) is 3.43. The number of imidazole rings is 1. The van der Waals surface area contributed by atoms with Gasteiger partial charge >= 0.3 is 0 Å². The number of halogens is 2. The van der Waals surface area contributed by atoms with E-state index in [0.717, 1.165) is 5.69 Å². The Labute approximate surface area is 162 Å². The van der Waals surface area contributed by atoms with Crippen LogP contribution in [0.3, 0.4) is 0 Å². The van der Waals surface area contributed by atoms with E-state index in [2.05, 4.69) is 20.3 Å². The van der Waals surface area contributed by atoms with E-state index in [-0.39, 0.29) is 10.0 Å². The highest BCUT2D eigenvalue weighted by molar-refractivity contribution is 7.91. The molecule has 0 spiro atoms. The second kappa shape index (κ2) is 7.28. The highest BCUT2D eigenvalue weighted by atomic mass is 35.5. The molecule has 1 aromatic carbocycles. The standard InChI is InChI=1S/C18H19ClFN5OS/c1-10-5-4-6-15(22-10)24-16(12-7-8-14(20)13(19)9-12)17-23-11(2)18(25-17)27(3,21)26/h4-9,16,21H,1-3H3,(H,22,24)(H,23,25)/t16-,27+/m0/s1. The van der Waals surface area contributed by atoms with Gasteiger partial charge in [-0.1, -0.05) is 23.7 Å². The van der Waals surface area contributed by atoms with Crippen molar-refractivity contribution in [1.29, 1.82) is 4.78 Å². The van der Waals surface area contributed by atoms with E-state index in [1.54, 1.807) is 19.1 Å². The molecule has 9 heteroatoms. The second-order valence-corrected chi connectivity index (χ2v) is 8.79. The Kier molecular flexibility index (Phi) is 5.21. The zero-order valence-corrected chi connectivity index (χ0v) is 16.6. The van der Waals surface area contributed by atoms with Gasteiger partial charge in [-0.25, -0.2) is 23.3 Å². The van der Waals surface area contributed by atoms with Crippen molar-refractivity contribution in [3.63, 3.8) is 0 Å². The molecule has 27 heavy (non-hydrogen) atoms. The predicted octanol–water partition coefficient (Wildman–Crippen LogP) is 4.45. The van der Waals surface area contributed by atoms with E-state index in [1.165, 1.54) is 18.4 Å². The van der Waals surface area contributed by atoms with Crippen molar-refractivity contribution in [2.75, 3.05) is 11.6 Å². The molecule has 3 aromatic rings. The number of anilines is 1. The lowest BCUT2D eigenvalue weighted by Crippen LogP contribution is -2.15. The van der Waals surface area contributed by atoms with Gasteiger partial charge in [-0.3, -0.25) is 0 Å². The molecule has 0 fully saturated rings. The van der Waals surface area contributed by atoms with Crippen LogP contribution in [0.25, 0.3) is 0 Å². The van der Waals surface area contributed by atoms with Gasteiger partial charge < -0.3 is 10.3 Å². The first-order chi connectivity index (χ1) is 12.6. The summed E-state index contributed by atoms with van der Waals surface area (Å²) in [6, 6.07) is 9.36. The summed E-state index contributed by atoms with van der Waals surface area (Å²) in [6.07, 6.45) is 1.32. The molecule has 0 radical (unpaired) electrons. The maximum Gasteiger partial charge on any atom is 0.156 e. The number of pyridine rings is 1. The van der Waals surface area contributed by atoms with Crippen LogP contribution >= 0.6 is 11.6 Å². The van der Waals surface area contributed by atoms with Crippen LogP contribution in [0.15, 0.2) is 41.4 Å². The van der Waals surface area contributed by atoms with Crippen LogP contribution in [0.4, 0.5) is 10.2 Å². The SMILES string of the molecule is Cc1cccc(N[C@@H](c2ccc(F)c(Cl)c2)c2nc([S@](C)(=N)=O)c(C)[nH]2)n1.